The first-order valence-electron chi connectivity index (χ1n) is 7.39. The lowest BCUT2D eigenvalue weighted by Gasteiger charge is -2.20. The molecule has 0 saturated heterocycles. The van der Waals surface area contributed by atoms with Crippen LogP contribution in [-0.2, 0) is 4.79 Å². The lowest BCUT2D eigenvalue weighted by Crippen LogP contribution is -2.52. The number of nitrogens with two attached hydrogens (primary N) is 1. The van der Waals surface area contributed by atoms with Crippen LogP contribution in [0.15, 0.2) is 24.3 Å². The molecule has 0 aliphatic carbocycles. The van der Waals surface area contributed by atoms with Crippen molar-refractivity contribution in [3.63, 3.8) is 0 Å². The third-order valence-corrected chi connectivity index (χ3v) is 3.06. The quantitative estimate of drug-likeness (QED) is 0.523. The average Bonchev–Trinajstić information content (AvgIpc) is 2.58. The molecule has 0 bridgehead atoms. The van der Waals surface area contributed by atoms with Crippen LogP contribution in [-0.4, -0.2) is 47.2 Å². The van der Waals surface area contributed by atoms with E-state index in [1.807, 2.05) is 0 Å². The lowest BCUT2D eigenvalue weighted by molar-refractivity contribution is -0.123. The average molecular weight is 328 g/mol. The maximum Gasteiger partial charge on any atom is 0.251 e. The molecule has 1 amide bonds. The molecule has 0 radical (unpaired) electrons. The van der Waals surface area contributed by atoms with Gasteiger partial charge in [-0.1, -0.05) is 11.8 Å². The summed E-state index contributed by atoms with van der Waals surface area (Å²) in [6.45, 7) is 0.896. The van der Waals surface area contributed by atoms with Gasteiger partial charge in [0.25, 0.3) is 5.91 Å². The minimum Gasteiger partial charge on any atom is -0.395 e. The first-order chi connectivity index (χ1) is 11.5. The van der Waals surface area contributed by atoms with Gasteiger partial charge in [-0.05, 0) is 43.0 Å². The van der Waals surface area contributed by atoms with E-state index in [0.29, 0.717) is 17.5 Å². The fraction of sp³-hybridized carbons (Fsp3) is 0.333. The summed E-state index contributed by atoms with van der Waals surface area (Å²) in [5.41, 5.74) is 6.69. The van der Waals surface area contributed by atoms with Crippen LogP contribution in [0.3, 0.4) is 0 Å². The van der Waals surface area contributed by atoms with Gasteiger partial charge in [0.1, 0.15) is 12.6 Å². The number of rotatable bonds is 6. The highest BCUT2D eigenvalue weighted by Crippen LogP contribution is 2.04. The number of amides is 1. The predicted octanol–water partition coefficient (Wildman–Crippen LogP) is -0.569. The summed E-state index contributed by atoms with van der Waals surface area (Å²) in [4.78, 5) is 23.7. The zero-order valence-corrected chi connectivity index (χ0v) is 13.4. The summed E-state index contributed by atoms with van der Waals surface area (Å²) in [5.74, 6) is 9.74. The monoisotopic (exact) mass is 328 g/mol. The molecule has 6 heteroatoms. The maximum absolute atomic E-state index is 12.1. The zero-order chi connectivity index (χ0) is 17.9. The van der Waals surface area contributed by atoms with Crippen LogP contribution in [0.2, 0.25) is 0 Å². The van der Waals surface area contributed by atoms with Crippen LogP contribution in [0.5, 0.6) is 0 Å². The van der Waals surface area contributed by atoms with Crippen molar-refractivity contribution in [2.24, 2.45) is 5.73 Å². The molecule has 24 heavy (non-hydrogen) atoms. The number of ketones is 1. The summed E-state index contributed by atoms with van der Waals surface area (Å²) in [6.07, 6.45) is 0.376. The van der Waals surface area contributed by atoms with Crippen LogP contribution in [0.25, 0.3) is 0 Å². The molecule has 0 aliphatic heterocycles. The van der Waals surface area contributed by atoms with Crippen molar-refractivity contribution in [2.75, 3.05) is 13.2 Å². The Labute approximate surface area is 141 Å². The zero-order valence-electron chi connectivity index (χ0n) is 13.4. The van der Waals surface area contributed by atoms with Crippen LogP contribution >= 0.6 is 0 Å². The smallest absolute Gasteiger partial charge is 0.251 e. The Morgan fingerprint density at radius 1 is 1.21 bits per heavy atom. The van der Waals surface area contributed by atoms with Gasteiger partial charge in [-0.15, -0.1) is 0 Å². The molecule has 0 aliphatic rings. The summed E-state index contributed by atoms with van der Waals surface area (Å²) in [6, 6.07) is 4.90. The van der Waals surface area contributed by atoms with E-state index in [-0.39, 0.29) is 6.61 Å². The third-order valence-electron chi connectivity index (χ3n) is 3.06. The number of hydrogen-bond acceptors (Lipinski definition) is 5. The van der Waals surface area contributed by atoms with Crippen LogP contribution in [0.1, 0.15) is 29.3 Å². The Kier molecular flexibility index (Phi) is 8.24. The molecule has 0 fully saturated rings. The lowest BCUT2D eigenvalue weighted by atomic mass is 10.1. The minimum atomic E-state index is -0.941. The van der Waals surface area contributed by atoms with Crippen LogP contribution in [0, 0.1) is 23.7 Å². The number of aliphatic hydroxyl groups excluding tert-OH is 2. The van der Waals surface area contributed by atoms with Gasteiger partial charge >= 0.3 is 0 Å². The van der Waals surface area contributed by atoms with Crippen molar-refractivity contribution in [3.8, 4) is 23.7 Å². The van der Waals surface area contributed by atoms with E-state index in [2.05, 4.69) is 29.0 Å². The number of carbonyl (C=O) groups is 2. The van der Waals surface area contributed by atoms with Gasteiger partial charge in [0, 0.05) is 23.6 Å². The van der Waals surface area contributed by atoms with E-state index in [1.54, 1.807) is 31.2 Å². The molecule has 6 nitrogen and oxygen atoms in total. The molecule has 0 spiro atoms. The molecule has 5 N–H and O–H groups in total. The van der Waals surface area contributed by atoms with Gasteiger partial charge in [-0.25, -0.2) is 0 Å². The van der Waals surface area contributed by atoms with Crippen molar-refractivity contribution in [1.82, 2.24) is 5.32 Å². The molecule has 1 aromatic carbocycles. The molecular formula is C18H20N2O4. The van der Waals surface area contributed by atoms with Crippen LogP contribution in [0.4, 0.5) is 0 Å². The Hall–Kier alpha value is -2.64. The van der Waals surface area contributed by atoms with Gasteiger partial charge in [0.2, 0.25) is 0 Å². The number of nitrogens with one attached hydrogen (secondary N) is 1. The third kappa shape index (κ3) is 6.23. The molecule has 2 atom stereocenters. The molecular weight excluding hydrogens is 308 g/mol. The molecule has 0 heterocycles. The van der Waals surface area contributed by atoms with Crippen molar-refractivity contribution in [3.05, 3.63) is 35.4 Å². The Morgan fingerprint density at radius 2 is 1.88 bits per heavy atom. The number of aliphatic hydroxyl groups is 2. The SMILES string of the molecule is C[C@@H](N)[C@H](NC(=O)c1ccc(C#CC#CCCO)cc1)C(=O)CO. The van der Waals surface area contributed by atoms with Gasteiger partial charge in [0.05, 0.1) is 6.61 Å². The van der Waals surface area contributed by atoms with Gasteiger partial charge in [0.15, 0.2) is 5.78 Å². The molecule has 0 saturated carbocycles. The van der Waals surface area contributed by atoms with E-state index in [9.17, 15) is 9.59 Å². The Morgan fingerprint density at radius 3 is 2.42 bits per heavy atom. The number of benzene rings is 1. The Bertz CT molecular complexity index is 688. The fourth-order valence-electron chi connectivity index (χ4n) is 1.80. The van der Waals surface area contributed by atoms with Gasteiger partial charge < -0.3 is 21.3 Å². The van der Waals surface area contributed by atoms with Gasteiger partial charge in [-0.3, -0.25) is 9.59 Å². The van der Waals surface area contributed by atoms with E-state index in [1.165, 1.54) is 0 Å². The largest absolute Gasteiger partial charge is 0.395 e. The molecule has 0 unspecified atom stereocenters. The maximum atomic E-state index is 12.1. The topological polar surface area (TPSA) is 113 Å². The minimum absolute atomic E-state index is 0.000314. The number of carbonyl (C=O) groups excluding carboxylic acids is 2. The first kappa shape index (κ1) is 19.4. The first-order valence-corrected chi connectivity index (χ1v) is 7.39. The van der Waals surface area contributed by atoms with Gasteiger partial charge in [-0.2, -0.15) is 0 Å². The van der Waals surface area contributed by atoms with Crippen molar-refractivity contribution >= 4 is 11.7 Å². The van der Waals surface area contributed by atoms with Crippen molar-refractivity contribution in [2.45, 2.75) is 25.4 Å². The van der Waals surface area contributed by atoms with E-state index in [4.69, 9.17) is 15.9 Å². The second-order valence-corrected chi connectivity index (χ2v) is 5.04. The molecule has 126 valence electrons. The summed E-state index contributed by atoms with van der Waals surface area (Å²) >= 11 is 0. The summed E-state index contributed by atoms with van der Waals surface area (Å²) in [5, 5.41) is 20.0. The molecule has 1 aromatic rings. The second-order valence-electron chi connectivity index (χ2n) is 5.04. The number of hydrogen-bond donors (Lipinski definition) is 4. The highest BCUT2D eigenvalue weighted by molar-refractivity contribution is 5.98. The highest BCUT2D eigenvalue weighted by atomic mass is 16.3. The number of Topliss-reactive ketones (excluding diaryl/α,β-unsaturated/α-hetero) is 1. The molecule has 0 aromatic heterocycles. The van der Waals surface area contributed by atoms with E-state index >= 15 is 0 Å². The van der Waals surface area contributed by atoms with Crippen LogP contribution < -0.4 is 11.1 Å². The van der Waals surface area contributed by atoms with Crippen molar-refractivity contribution in [1.29, 1.82) is 0 Å². The fourth-order valence-corrected chi connectivity index (χ4v) is 1.80. The Balaban J connectivity index is 2.76. The van der Waals surface area contributed by atoms with E-state index in [0.717, 1.165) is 0 Å². The second kappa shape index (κ2) is 10.2. The van der Waals surface area contributed by atoms with E-state index < -0.39 is 30.4 Å². The normalized spacial score (nSPS) is 12.0. The summed E-state index contributed by atoms with van der Waals surface area (Å²) in [7, 11) is 0. The van der Waals surface area contributed by atoms with Crippen molar-refractivity contribution < 1.29 is 19.8 Å². The highest BCUT2D eigenvalue weighted by Gasteiger charge is 2.24. The standard InChI is InChI=1S/C18H20N2O4/c1-13(19)17(16(23)12-22)20-18(24)15-9-7-14(8-10-15)6-4-2-3-5-11-21/h7-10,13,17,21-22H,5,11-12,19H2,1H3,(H,20,24)/t13-,17+/m1/s1. The summed E-state index contributed by atoms with van der Waals surface area (Å²) < 4.78 is 0. The predicted molar refractivity (Wildman–Crippen MR) is 89.8 cm³/mol. The molecule has 1 rings (SSSR count).